The molecule has 27 heavy (non-hydrogen) atoms. The number of thioether (sulfide) groups is 1. The zero-order valence-electron chi connectivity index (χ0n) is 16.3. The van der Waals surface area contributed by atoms with E-state index in [9.17, 15) is 4.79 Å². The molecule has 0 aliphatic heterocycles. The molecule has 0 fully saturated rings. The number of methoxy groups -OCH3 is 2. The predicted molar refractivity (Wildman–Crippen MR) is 105 cm³/mol. The molecule has 7 nitrogen and oxygen atoms in total. The molecule has 0 bridgehead atoms. The molecule has 0 atom stereocenters. The lowest BCUT2D eigenvalue weighted by atomic mass is 10.2. The quantitative estimate of drug-likeness (QED) is 0.387. The van der Waals surface area contributed by atoms with Gasteiger partial charge in [-0.05, 0) is 39.0 Å². The molecule has 0 radical (unpaired) electrons. The van der Waals surface area contributed by atoms with Gasteiger partial charge in [0, 0.05) is 12.1 Å². The van der Waals surface area contributed by atoms with E-state index in [4.69, 9.17) is 14.2 Å². The fourth-order valence-corrected chi connectivity index (χ4v) is 3.09. The van der Waals surface area contributed by atoms with Gasteiger partial charge in [-0.25, -0.2) is 0 Å². The van der Waals surface area contributed by atoms with E-state index in [1.807, 2.05) is 43.5 Å². The summed E-state index contributed by atoms with van der Waals surface area (Å²) in [7, 11) is 3.17. The number of carbonyl (C=O) groups excluding carboxylic acids is 1. The van der Waals surface area contributed by atoms with Crippen LogP contribution in [-0.2, 0) is 16.1 Å². The zero-order chi connectivity index (χ0) is 20.0. The maximum atomic E-state index is 12.0. The van der Waals surface area contributed by atoms with Crippen LogP contribution in [-0.4, -0.2) is 46.3 Å². The standard InChI is InChI=1S/C19H25N3O4S/c1-7-10-22-17(13-8-9-14(24-5)15(11-13)25-6)20-21-18(22)27-12-16(23)26-19(2,3)4/h7-9,11H,1,10,12H2,2-6H3. The summed E-state index contributed by atoms with van der Waals surface area (Å²) in [6.45, 7) is 9.82. The maximum Gasteiger partial charge on any atom is 0.316 e. The third kappa shape index (κ3) is 5.50. The van der Waals surface area contributed by atoms with Crippen molar-refractivity contribution in [1.82, 2.24) is 14.8 Å². The summed E-state index contributed by atoms with van der Waals surface area (Å²) >= 11 is 1.28. The van der Waals surface area contributed by atoms with E-state index < -0.39 is 5.60 Å². The topological polar surface area (TPSA) is 75.5 Å². The lowest BCUT2D eigenvalue weighted by Gasteiger charge is -2.19. The van der Waals surface area contributed by atoms with Gasteiger partial charge in [0.1, 0.15) is 5.60 Å². The largest absolute Gasteiger partial charge is 0.493 e. The Kier molecular flexibility index (Phi) is 6.90. The van der Waals surface area contributed by atoms with Crippen molar-refractivity contribution in [3.8, 4) is 22.9 Å². The predicted octanol–water partition coefficient (Wildman–Crippen LogP) is 3.58. The van der Waals surface area contributed by atoms with Gasteiger partial charge >= 0.3 is 5.97 Å². The van der Waals surface area contributed by atoms with E-state index in [1.165, 1.54) is 11.8 Å². The summed E-state index contributed by atoms with van der Waals surface area (Å²) in [5.41, 5.74) is 0.308. The average molecular weight is 391 g/mol. The lowest BCUT2D eigenvalue weighted by Crippen LogP contribution is -2.25. The number of hydrogen-bond donors (Lipinski definition) is 0. The minimum atomic E-state index is -0.517. The van der Waals surface area contributed by atoms with Gasteiger partial charge in [0.2, 0.25) is 0 Å². The molecular formula is C19H25N3O4S. The van der Waals surface area contributed by atoms with E-state index >= 15 is 0 Å². The van der Waals surface area contributed by atoms with Crippen molar-refractivity contribution in [1.29, 1.82) is 0 Å². The highest BCUT2D eigenvalue weighted by molar-refractivity contribution is 7.99. The number of rotatable bonds is 8. The molecule has 0 spiro atoms. The van der Waals surface area contributed by atoms with E-state index in [0.717, 1.165) is 5.56 Å². The molecule has 2 aromatic rings. The van der Waals surface area contributed by atoms with E-state index in [-0.39, 0.29) is 11.7 Å². The zero-order valence-corrected chi connectivity index (χ0v) is 17.1. The Labute approximate surface area is 163 Å². The van der Waals surface area contributed by atoms with Gasteiger partial charge in [-0.1, -0.05) is 17.8 Å². The lowest BCUT2D eigenvalue weighted by molar-refractivity contribution is -0.151. The molecule has 8 heteroatoms. The summed E-state index contributed by atoms with van der Waals surface area (Å²) < 4.78 is 17.9. The minimum Gasteiger partial charge on any atom is -0.493 e. The van der Waals surface area contributed by atoms with Gasteiger partial charge in [0.05, 0.1) is 20.0 Å². The van der Waals surface area contributed by atoms with Crippen LogP contribution in [0.25, 0.3) is 11.4 Å². The van der Waals surface area contributed by atoms with Crippen LogP contribution in [0, 0.1) is 0 Å². The van der Waals surface area contributed by atoms with Gasteiger partial charge in [-0.15, -0.1) is 16.8 Å². The fourth-order valence-electron chi connectivity index (χ4n) is 2.37. The molecule has 2 rings (SSSR count). The minimum absolute atomic E-state index is 0.151. The van der Waals surface area contributed by atoms with Crippen molar-refractivity contribution in [2.75, 3.05) is 20.0 Å². The van der Waals surface area contributed by atoms with Crippen LogP contribution in [0.3, 0.4) is 0 Å². The molecule has 146 valence electrons. The van der Waals surface area contributed by atoms with Gasteiger partial charge < -0.3 is 14.2 Å². The van der Waals surface area contributed by atoms with E-state index in [0.29, 0.717) is 29.0 Å². The Morgan fingerprint density at radius 2 is 1.93 bits per heavy atom. The monoisotopic (exact) mass is 391 g/mol. The summed E-state index contributed by atoms with van der Waals surface area (Å²) in [4.78, 5) is 12.0. The molecule has 0 saturated carbocycles. The highest BCUT2D eigenvalue weighted by Gasteiger charge is 2.19. The van der Waals surface area contributed by atoms with Crippen molar-refractivity contribution in [3.63, 3.8) is 0 Å². The second-order valence-electron chi connectivity index (χ2n) is 6.65. The van der Waals surface area contributed by atoms with Gasteiger partial charge in [-0.2, -0.15) is 0 Å². The van der Waals surface area contributed by atoms with E-state index in [1.54, 1.807) is 20.3 Å². The normalized spacial score (nSPS) is 11.1. The second kappa shape index (κ2) is 8.94. The van der Waals surface area contributed by atoms with E-state index in [2.05, 4.69) is 16.8 Å². The molecule has 0 aliphatic carbocycles. The van der Waals surface area contributed by atoms with Crippen molar-refractivity contribution in [3.05, 3.63) is 30.9 Å². The Bertz CT molecular complexity index is 812. The highest BCUT2D eigenvalue weighted by atomic mass is 32.2. The highest BCUT2D eigenvalue weighted by Crippen LogP contribution is 2.33. The molecule has 0 unspecified atom stereocenters. The van der Waals surface area contributed by atoms with Crippen LogP contribution in [0.15, 0.2) is 36.0 Å². The molecule has 0 amide bonds. The number of benzene rings is 1. The van der Waals surface area contributed by atoms with Crippen molar-refractivity contribution < 1.29 is 19.0 Å². The summed E-state index contributed by atoms with van der Waals surface area (Å²) in [6.07, 6.45) is 1.76. The number of hydrogen-bond acceptors (Lipinski definition) is 7. The molecule has 1 heterocycles. The molecule has 1 aromatic heterocycles. The Hall–Kier alpha value is -2.48. The SMILES string of the molecule is C=CCn1c(SCC(=O)OC(C)(C)C)nnc1-c1ccc(OC)c(OC)c1. The second-order valence-corrected chi connectivity index (χ2v) is 7.59. The van der Waals surface area contributed by atoms with Crippen LogP contribution in [0.2, 0.25) is 0 Å². The van der Waals surface area contributed by atoms with Crippen molar-refractivity contribution >= 4 is 17.7 Å². The third-order valence-corrected chi connectivity index (χ3v) is 4.35. The van der Waals surface area contributed by atoms with Crippen LogP contribution < -0.4 is 9.47 Å². The molecule has 0 saturated heterocycles. The molecule has 0 aliphatic rings. The Morgan fingerprint density at radius 1 is 1.22 bits per heavy atom. The number of esters is 1. The number of nitrogens with zero attached hydrogens (tertiary/aromatic N) is 3. The van der Waals surface area contributed by atoms with Gasteiger partial charge in [0.25, 0.3) is 0 Å². The molecular weight excluding hydrogens is 366 g/mol. The Balaban J connectivity index is 2.27. The van der Waals surface area contributed by atoms with Crippen molar-refractivity contribution in [2.45, 2.75) is 38.1 Å². The van der Waals surface area contributed by atoms with Crippen LogP contribution in [0.5, 0.6) is 11.5 Å². The van der Waals surface area contributed by atoms with Crippen LogP contribution >= 0.6 is 11.8 Å². The first kappa shape index (κ1) is 20.8. The first-order chi connectivity index (χ1) is 12.8. The van der Waals surface area contributed by atoms with Crippen molar-refractivity contribution in [2.24, 2.45) is 0 Å². The first-order valence-corrected chi connectivity index (χ1v) is 9.38. The van der Waals surface area contributed by atoms with Gasteiger partial charge in [0.15, 0.2) is 22.5 Å². The van der Waals surface area contributed by atoms with Gasteiger partial charge in [-0.3, -0.25) is 9.36 Å². The summed E-state index contributed by atoms with van der Waals surface area (Å²) in [5, 5.41) is 9.13. The maximum absolute atomic E-state index is 12.0. The smallest absolute Gasteiger partial charge is 0.316 e. The molecule has 0 N–H and O–H groups in total. The fraction of sp³-hybridized carbons (Fsp3) is 0.421. The summed E-state index contributed by atoms with van der Waals surface area (Å²) in [6, 6.07) is 5.53. The first-order valence-electron chi connectivity index (χ1n) is 8.40. The Morgan fingerprint density at radius 3 is 2.52 bits per heavy atom. The summed E-state index contributed by atoms with van der Waals surface area (Å²) in [5.74, 6) is 1.75. The van der Waals surface area contributed by atoms with Crippen LogP contribution in [0.4, 0.5) is 0 Å². The number of allylic oxidation sites excluding steroid dienone is 1. The number of aromatic nitrogens is 3. The number of carbonyl (C=O) groups is 1. The molecule has 1 aromatic carbocycles. The number of ether oxygens (including phenoxy) is 3. The van der Waals surface area contributed by atoms with Crippen LogP contribution in [0.1, 0.15) is 20.8 Å². The third-order valence-electron chi connectivity index (χ3n) is 3.41. The average Bonchev–Trinajstić information content (AvgIpc) is 3.01.